The van der Waals surface area contributed by atoms with Crippen LogP contribution in [0, 0.1) is 5.92 Å². The Morgan fingerprint density at radius 2 is 1.88 bits per heavy atom. The lowest BCUT2D eigenvalue weighted by Crippen LogP contribution is -2.51. The van der Waals surface area contributed by atoms with Crippen LogP contribution in [-0.4, -0.2) is 42.4 Å². The van der Waals surface area contributed by atoms with Crippen LogP contribution < -0.4 is 10.6 Å². The van der Waals surface area contributed by atoms with E-state index in [-0.39, 0.29) is 18.4 Å². The number of hydrogen-bond acceptors (Lipinski definition) is 4. The van der Waals surface area contributed by atoms with Crippen LogP contribution in [0.3, 0.4) is 0 Å². The summed E-state index contributed by atoms with van der Waals surface area (Å²) in [6.07, 6.45) is -0.675. The SMILES string of the molecule is CNC(=O)[C@@H](NC(=O)OC(C)(C)C)[C@H](C)CO. The fourth-order valence-electron chi connectivity index (χ4n) is 1.16. The molecule has 2 amide bonds. The fourth-order valence-corrected chi connectivity index (χ4v) is 1.16. The van der Waals surface area contributed by atoms with Crippen LogP contribution in [-0.2, 0) is 9.53 Å². The van der Waals surface area contributed by atoms with Crippen LogP contribution >= 0.6 is 0 Å². The summed E-state index contributed by atoms with van der Waals surface area (Å²) in [5.41, 5.74) is -0.625. The van der Waals surface area contributed by atoms with Gasteiger partial charge in [0.05, 0.1) is 0 Å². The Kier molecular flexibility index (Phi) is 5.95. The second-order valence-corrected chi connectivity index (χ2v) is 4.90. The minimum absolute atomic E-state index is 0.201. The van der Waals surface area contributed by atoms with Crippen LogP contribution in [0.5, 0.6) is 0 Å². The van der Waals surface area contributed by atoms with Crippen molar-refractivity contribution in [2.24, 2.45) is 5.92 Å². The lowest BCUT2D eigenvalue weighted by molar-refractivity contribution is -0.124. The summed E-state index contributed by atoms with van der Waals surface area (Å²) in [5, 5.41) is 13.9. The first-order valence-corrected chi connectivity index (χ1v) is 5.53. The second kappa shape index (κ2) is 6.44. The Morgan fingerprint density at radius 1 is 1.35 bits per heavy atom. The van der Waals surface area contributed by atoms with Crippen LogP contribution in [0.25, 0.3) is 0 Å². The first-order chi connectivity index (χ1) is 7.71. The zero-order valence-electron chi connectivity index (χ0n) is 11.0. The summed E-state index contributed by atoms with van der Waals surface area (Å²) in [4.78, 5) is 23.0. The zero-order valence-corrected chi connectivity index (χ0v) is 11.0. The van der Waals surface area contributed by atoms with E-state index in [1.54, 1.807) is 27.7 Å². The minimum Gasteiger partial charge on any atom is -0.444 e. The van der Waals surface area contributed by atoms with Gasteiger partial charge in [0.25, 0.3) is 0 Å². The quantitative estimate of drug-likeness (QED) is 0.663. The van der Waals surface area contributed by atoms with E-state index >= 15 is 0 Å². The van der Waals surface area contributed by atoms with Gasteiger partial charge >= 0.3 is 6.09 Å². The van der Waals surface area contributed by atoms with Gasteiger partial charge in [-0.3, -0.25) is 4.79 Å². The highest BCUT2D eigenvalue weighted by Crippen LogP contribution is 2.08. The van der Waals surface area contributed by atoms with Crippen LogP contribution in [0.15, 0.2) is 0 Å². The molecule has 0 unspecified atom stereocenters. The van der Waals surface area contributed by atoms with E-state index in [1.807, 2.05) is 0 Å². The van der Waals surface area contributed by atoms with Crippen molar-refractivity contribution >= 4 is 12.0 Å². The maximum absolute atomic E-state index is 11.5. The van der Waals surface area contributed by atoms with Crippen molar-refractivity contribution in [2.45, 2.75) is 39.3 Å². The topological polar surface area (TPSA) is 87.7 Å². The number of amides is 2. The summed E-state index contributed by atoms with van der Waals surface area (Å²) in [5.74, 6) is -0.750. The lowest BCUT2D eigenvalue weighted by Gasteiger charge is -2.25. The maximum atomic E-state index is 11.5. The van der Waals surface area contributed by atoms with Gasteiger partial charge in [-0.1, -0.05) is 6.92 Å². The Labute approximate surface area is 102 Å². The number of carbonyl (C=O) groups is 2. The van der Waals surface area contributed by atoms with Gasteiger partial charge in [-0.25, -0.2) is 4.79 Å². The molecule has 0 aliphatic rings. The standard InChI is InChI=1S/C11H22N2O4/c1-7(6-14)8(9(15)12-5)13-10(16)17-11(2,3)4/h7-8,14H,6H2,1-5H3,(H,12,15)(H,13,16)/t7-,8+/m1/s1. The van der Waals surface area contributed by atoms with E-state index < -0.39 is 17.7 Å². The van der Waals surface area contributed by atoms with E-state index in [4.69, 9.17) is 9.84 Å². The molecule has 6 heteroatoms. The van der Waals surface area contributed by atoms with E-state index in [0.29, 0.717) is 0 Å². The number of alkyl carbamates (subject to hydrolysis) is 1. The average Bonchev–Trinajstić information content (AvgIpc) is 2.21. The van der Waals surface area contributed by atoms with Crippen LogP contribution in [0.4, 0.5) is 4.79 Å². The predicted octanol–water partition coefficient (Wildman–Crippen LogP) is 0.254. The lowest BCUT2D eigenvalue weighted by atomic mass is 10.0. The molecular weight excluding hydrogens is 224 g/mol. The third-order valence-corrected chi connectivity index (χ3v) is 2.06. The van der Waals surface area contributed by atoms with Crippen molar-refractivity contribution in [2.75, 3.05) is 13.7 Å². The molecule has 0 bridgehead atoms. The van der Waals surface area contributed by atoms with Gasteiger partial charge in [0.15, 0.2) is 0 Å². The molecule has 0 aromatic rings. The van der Waals surface area contributed by atoms with Crippen molar-refractivity contribution in [1.82, 2.24) is 10.6 Å². The number of aliphatic hydroxyl groups excluding tert-OH is 1. The Bertz CT molecular complexity index is 273. The van der Waals surface area contributed by atoms with E-state index in [0.717, 1.165) is 0 Å². The highest BCUT2D eigenvalue weighted by atomic mass is 16.6. The molecule has 6 nitrogen and oxygen atoms in total. The monoisotopic (exact) mass is 246 g/mol. The molecule has 100 valence electrons. The van der Waals surface area contributed by atoms with Crippen LogP contribution in [0.2, 0.25) is 0 Å². The summed E-state index contributed by atoms with van der Waals surface area (Å²) < 4.78 is 5.05. The zero-order chi connectivity index (χ0) is 13.6. The van der Waals surface area contributed by atoms with Crippen molar-refractivity contribution in [3.05, 3.63) is 0 Å². The smallest absolute Gasteiger partial charge is 0.408 e. The minimum atomic E-state index is -0.806. The Hall–Kier alpha value is -1.30. The number of carbonyl (C=O) groups excluding carboxylic acids is 2. The summed E-state index contributed by atoms with van der Waals surface area (Å²) >= 11 is 0. The van der Waals surface area contributed by atoms with Gasteiger partial charge in [0, 0.05) is 19.6 Å². The third-order valence-electron chi connectivity index (χ3n) is 2.06. The van der Waals surface area contributed by atoms with Crippen molar-refractivity contribution < 1.29 is 19.4 Å². The number of hydrogen-bond donors (Lipinski definition) is 3. The molecule has 0 saturated heterocycles. The number of rotatable bonds is 4. The largest absolute Gasteiger partial charge is 0.444 e. The second-order valence-electron chi connectivity index (χ2n) is 4.90. The van der Waals surface area contributed by atoms with E-state index in [2.05, 4.69) is 10.6 Å². The number of ether oxygens (including phenoxy) is 1. The number of nitrogens with one attached hydrogen (secondary N) is 2. The summed E-state index contributed by atoms with van der Waals surface area (Å²) in [6.45, 7) is 6.66. The molecule has 0 spiro atoms. The normalized spacial score (nSPS) is 14.7. The van der Waals surface area contributed by atoms with Gasteiger partial charge in [-0.2, -0.15) is 0 Å². The predicted molar refractivity (Wildman–Crippen MR) is 63.5 cm³/mol. The summed E-state index contributed by atoms with van der Waals surface area (Å²) in [6, 6.07) is -0.806. The molecule has 0 saturated carbocycles. The van der Waals surface area contributed by atoms with Gasteiger partial charge in [-0.05, 0) is 20.8 Å². The first-order valence-electron chi connectivity index (χ1n) is 5.53. The Balaban J connectivity index is 4.54. The number of likely N-dealkylation sites (N-methyl/N-ethyl adjacent to an activating group) is 1. The first kappa shape index (κ1) is 15.7. The van der Waals surface area contributed by atoms with Gasteiger partial charge in [0.1, 0.15) is 11.6 Å². The highest BCUT2D eigenvalue weighted by Gasteiger charge is 2.27. The van der Waals surface area contributed by atoms with Gasteiger partial charge in [0.2, 0.25) is 5.91 Å². The number of aliphatic hydroxyl groups is 1. The van der Waals surface area contributed by atoms with Crippen molar-refractivity contribution in [1.29, 1.82) is 0 Å². The summed E-state index contributed by atoms with van der Waals surface area (Å²) in [7, 11) is 1.47. The molecule has 2 atom stereocenters. The molecule has 0 rings (SSSR count). The Morgan fingerprint density at radius 3 is 2.24 bits per heavy atom. The molecular formula is C11H22N2O4. The molecule has 0 aliphatic heterocycles. The van der Waals surface area contributed by atoms with Crippen molar-refractivity contribution in [3.63, 3.8) is 0 Å². The fraction of sp³-hybridized carbons (Fsp3) is 0.818. The average molecular weight is 246 g/mol. The molecule has 0 fully saturated rings. The molecule has 17 heavy (non-hydrogen) atoms. The molecule has 0 aliphatic carbocycles. The van der Waals surface area contributed by atoms with Gasteiger partial charge in [-0.15, -0.1) is 0 Å². The molecule has 0 radical (unpaired) electrons. The maximum Gasteiger partial charge on any atom is 0.408 e. The third kappa shape index (κ3) is 6.11. The van der Waals surface area contributed by atoms with Gasteiger partial charge < -0.3 is 20.5 Å². The molecule has 3 N–H and O–H groups in total. The molecule has 0 aromatic carbocycles. The van der Waals surface area contributed by atoms with E-state index in [1.165, 1.54) is 7.05 Å². The van der Waals surface area contributed by atoms with Crippen molar-refractivity contribution in [3.8, 4) is 0 Å². The highest BCUT2D eigenvalue weighted by molar-refractivity contribution is 5.85. The molecule has 0 heterocycles. The molecule has 0 aromatic heterocycles. The van der Waals surface area contributed by atoms with Crippen LogP contribution in [0.1, 0.15) is 27.7 Å². The van der Waals surface area contributed by atoms with E-state index in [9.17, 15) is 9.59 Å².